The standard InChI is InChI=1S/C13H27N3.2C2H6/c1-13(2,16-9-7-15-8-10-16)11-12-3-5-14-6-4-12;2*1-2/h12,14-15H,3-11H2,1-2H3;2*1-2H3. The van der Waals surface area contributed by atoms with Gasteiger partial charge in [-0.2, -0.15) is 0 Å². The lowest BCUT2D eigenvalue weighted by Gasteiger charge is -2.43. The fraction of sp³-hybridized carbons (Fsp3) is 1.00. The molecular weight excluding hydrogens is 246 g/mol. The fourth-order valence-corrected chi connectivity index (χ4v) is 3.19. The van der Waals surface area contributed by atoms with E-state index in [0.29, 0.717) is 5.54 Å². The molecular formula is C17H39N3. The molecule has 2 heterocycles. The first-order valence-electron chi connectivity index (χ1n) is 8.85. The summed E-state index contributed by atoms with van der Waals surface area (Å²) in [4.78, 5) is 2.67. The second-order valence-corrected chi connectivity index (χ2v) is 5.95. The van der Waals surface area contributed by atoms with Crippen LogP contribution in [-0.4, -0.2) is 49.7 Å². The summed E-state index contributed by atoms with van der Waals surface area (Å²) >= 11 is 0. The third kappa shape index (κ3) is 7.05. The molecule has 0 aromatic carbocycles. The van der Waals surface area contributed by atoms with Gasteiger partial charge in [-0.05, 0) is 52.1 Å². The molecule has 3 heteroatoms. The van der Waals surface area contributed by atoms with E-state index in [0.717, 1.165) is 19.0 Å². The van der Waals surface area contributed by atoms with E-state index in [2.05, 4.69) is 29.4 Å². The lowest BCUT2D eigenvalue weighted by molar-refractivity contribution is 0.0744. The second-order valence-electron chi connectivity index (χ2n) is 5.95. The fourth-order valence-electron chi connectivity index (χ4n) is 3.19. The molecule has 0 spiro atoms. The average molecular weight is 286 g/mol. The molecule has 122 valence electrons. The topological polar surface area (TPSA) is 27.3 Å². The van der Waals surface area contributed by atoms with Crippen molar-refractivity contribution < 1.29 is 0 Å². The Morgan fingerprint density at radius 1 is 0.850 bits per heavy atom. The molecule has 0 bridgehead atoms. The monoisotopic (exact) mass is 285 g/mol. The van der Waals surface area contributed by atoms with E-state index in [9.17, 15) is 0 Å². The first kappa shape index (κ1) is 19.9. The van der Waals surface area contributed by atoms with E-state index in [-0.39, 0.29) is 0 Å². The molecule has 0 aromatic heterocycles. The van der Waals surface area contributed by atoms with Crippen molar-refractivity contribution in [1.29, 1.82) is 0 Å². The maximum absolute atomic E-state index is 3.46. The molecule has 0 atom stereocenters. The van der Waals surface area contributed by atoms with Gasteiger partial charge >= 0.3 is 0 Å². The summed E-state index contributed by atoms with van der Waals surface area (Å²) in [5, 5.41) is 6.90. The highest BCUT2D eigenvalue weighted by Crippen LogP contribution is 2.28. The van der Waals surface area contributed by atoms with Gasteiger partial charge in [-0.25, -0.2) is 0 Å². The van der Waals surface area contributed by atoms with Crippen molar-refractivity contribution in [3.8, 4) is 0 Å². The van der Waals surface area contributed by atoms with E-state index >= 15 is 0 Å². The number of rotatable bonds is 3. The molecule has 20 heavy (non-hydrogen) atoms. The molecule has 0 radical (unpaired) electrons. The van der Waals surface area contributed by atoms with Crippen LogP contribution in [0.2, 0.25) is 0 Å². The van der Waals surface area contributed by atoms with Gasteiger partial charge in [-0.3, -0.25) is 4.90 Å². The Hall–Kier alpha value is -0.120. The Labute approximate surface area is 127 Å². The van der Waals surface area contributed by atoms with Crippen LogP contribution in [-0.2, 0) is 0 Å². The van der Waals surface area contributed by atoms with Crippen molar-refractivity contribution >= 4 is 0 Å². The second kappa shape index (κ2) is 11.5. The Kier molecular flexibility index (Phi) is 11.5. The third-order valence-electron chi connectivity index (χ3n) is 4.22. The maximum Gasteiger partial charge on any atom is 0.0157 e. The number of hydrogen-bond donors (Lipinski definition) is 2. The van der Waals surface area contributed by atoms with Gasteiger partial charge in [-0.15, -0.1) is 0 Å². The lowest BCUT2D eigenvalue weighted by Crippen LogP contribution is -2.54. The average Bonchev–Trinajstić information content (AvgIpc) is 2.53. The number of piperidine rings is 1. The van der Waals surface area contributed by atoms with Gasteiger partial charge in [0.1, 0.15) is 0 Å². The minimum atomic E-state index is 0.393. The maximum atomic E-state index is 3.46. The van der Waals surface area contributed by atoms with Crippen molar-refractivity contribution in [1.82, 2.24) is 15.5 Å². The van der Waals surface area contributed by atoms with Crippen LogP contribution in [0, 0.1) is 5.92 Å². The molecule has 3 nitrogen and oxygen atoms in total. The van der Waals surface area contributed by atoms with Gasteiger partial charge in [0.2, 0.25) is 0 Å². The predicted molar refractivity (Wildman–Crippen MR) is 91.4 cm³/mol. The Bertz CT molecular complexity index is 204. The minimum Gasteiger partial charge on any atom is -0.317 e. The SMILES string of the molecule is CC.CC.CC(C)(CC1CCNCC1)N1CCNCC1. The number of hydrogen-bond acceptors (Lipinski definition) is 3. The Morgan fingerprint density at radius 2 is 1.30 bits per heavy atom. The molecule has 0 aliphatic carbocycles. The zero-order valence-electron chi connectivity index (χ0n) is 14.9. The summed E-state index contributed by atoms with van der Waals surface area (Å²) in [5.74, 6) is 0.936. The van der Waals surface area contributed by atoms with Crippen LogP contribution in [0.25, 0.3) is 0 Å². The Balaban J connectivity index is 0.000000829. The molecule has 2 aliphatic heterocycles. The molecule has 0 amide bonds. The molecule has 0 unspecified atom stereocenters. The van der Waals surface area contributed by atoms with E-state index < -0.39 is 0 Å². The normalized spacial score (nSPS) is 21.3. The number of piperazine rings is 1. The van der Waals surface area contributed by atoms with Crippen LogP contribution in [0.3, 0.4) is 0 Å². The third-order valence-corrected chi connectivity index (χ3v) is 4.22. The predicted octanol–water partition coefficient (Wildman–Crippen LogP) is 3.11. The minimum absolute atomic E-state index is 0.393. The molecule has 2 N–H and O–H groups in total. The van der Waals surface area contributed by atoms with Crippen molar-refractivity contribution in [2.75, 3.05) is 39.3 Å². The Morgan fingerprint density at radius 3 is 1.80 bits per heavy atom. The summed E-state index contributed by atoms with van der Waals surface area (Å²) in [7, 11) is 0. The number of nitrogens with zero attached hydrogens (tertiary/aromatic N) is 1. The summed E-state index contributed by atoms with van der Waals surface area (Å²) in [6.45, 7) is 20.1. The summed E-state index contributed by atoms with van der Waals surface area (Å²) in [6, 6.07) is 0. The van der Waals surface area contributed by atoms with Gasteiger partial charge in [-0.1, -0.05) is 27.7 Å². The lowest BCUT2D eigenvalue weighted by atomic mass is 9.83. The first-order valence-corrected chi connectivity index (χ1v) is 8.85. The van der Waals surface area contributed by atoms with Crippen LogP contribution in [0.1, 0.15) is 60.8 Å². The van der Waals surface area contributed by atoms with Crippen molar-refractivity contribution in [2.24, 2.45) is 5.92 Å². The van der Waals surface area contributed by atoms with Crippen molar-refractivity contribution in [3.05, 3.63) is 0 Å². The van der Waals surface area contributed by atoms with Crippen LogP contribution < -0.4 is 10.6 Å². The molecule has 0 saturated carbocycles. The van der Waals surface area contributed by atoms with Crippen LogP contribution in [0.15, 0.2) is 0 Å². The van der Waals surface area contributed by atoms with Crippen LogP contribution in [0.5, 0.6) is 0 Å². The van der Waals surface area contributed by atoms with Crippen LogP contribution in [0.4, 0.5) is 0 Å². The summed E-state index contributed by atoms with van der Waals surface area (Å²) < 4.78 is 0. The zero-order valence-corrected chi connectivity index (χ0v) is 14.9. The molecule has 0 aromatic rings. The largest absolute Gasteiger partial charge is 0.317 e. The highest BCUT2D eigenvalue weighted by Gasteiger charge is 2.30. The van der Waals surface area contributed by atoms with Gasteiger partial charge in [0.05, 0.1) is 0 Å². The highest BCUT2D eigenvalue weighted by atomic mass is 15.2. The quantitative estimate of drug-likeness (QED) is 0.834. The van der Waals surface area contributed by atoms with Crippen molar-refractivity contribution in [2.45, 2.75) is 66.3 Å². The zero-order chi connectivity index (χ0) is 15.4. The van der Waals surface area contributed by atoms with Crippen LogP contribution >= 0.6 is 0 Å². The van der Waals surface area contributed by atoms with E-state index in [1.165, 1.54) is 45.4 Å². The summed E-state index contributed by atoms with van der Waals surface area (Å²) in [5.41, 5.74) is 0.393. The van der Waals surface area contributed by atoms with E-state index in [4.69, 9.17) is 0 Å². The van der Waals surface area contributed by atoms with E-state index in [1.54, 1.807) is 0 Å². The molecule has 2 rings (SSSR count). The molecule has 2 fully saturated rings. The molecule has 2 saturated heterocycles. The van der Waals surface area contributed by atoms with Gasteiger partial charge < -0.3 is 10.6 Å². The van der Waals surface area contributed by atoms with E-state index in [1.807, 2.05) is 27.7 Å². The van der Waals surface area contributed by atoms with Gasteiger partial charge in [0.15, 0.2) is 0 Å². The highest BCUT2D eigenvalue weighted by molar-refractivity contribution is 4.87. The number of nitrogens with one attached hydrogen (secondary N) is 2. The van der Waals surface area contributed by atoms with Gasteiger partial charge in [0.25, 0.3) is 0 Å². The first-order chi connectivity index (χ1) is 9.68. The summed E-state index contributed by atoms with van der Waals surface area (Å²) in [6.07, 6.45) is 4.11. The smallest absolute Gasteiger partial charge is 0.0157 e. The molecule has 2 aliphatic rings. The van der Waals surface area contributed by atoms with Gasteiger partial charge in [0, 0.05) is 31.7 Å². The van der Waals surface area contributed by atoms with Crippen molar-refractivity contribution in [3.63, 3.8) is 0 Å².